The number of rotatable bonds is 2. The van der Waals surface area contributed by atoms with Crippen LogP contribution in [0, 0.1) is 5.92 Å². The lowest BCUT2D eigenvalue weighted by atomic mass is 9.97. The SMILES string of the molecule is CC(N)c1csc(N2CCC(C(F)(F)F)CC2)n1. The van der Waals surface area contributed by atoms with Gasteiger partial charge < -0.3 is 10.6 Å². The number of halogens is 3. The van der Waals surface area contributed by atoms with Crippen molar-refractivity contribution in [3.63, 3.8) is 0 Å². The van der Waals surface area contributed by atoms with E-state index in [2.05, 4.69) is 4.98 Å². The van der Waals surface area contributed by atoms with Gasteiger partial charge in [-0.05, 0) is 19.8 Å². The third kappa shape index (κ3) is 2.95. The van der Waals surface area contributed by atoms with Gasteiger partial charge in [0.2, 0.25) is 0 Å². The fourth-order valence-corrected chi connectivity index (χ4v) is 3.01. The summed E-state index contributed by atoms with van der Waals surface area (Å²) < 4.78 is 37.6. The Morgan fingerprint density at radius 3 is 2.50 bits per heavy atom. The maximum absolute atomic E-state index is 12.5. The zero-order chi connectivity index (χ0) is 13.3. The number of thiazole rings is 1. The Balaban J connectivity index is 1.97. The molecule has 0 aromatic carbocycles. The van der Waals surface area contributed by atoms with Gasteiger partial charge in [0.05, 0.1) is 11.6 Å². The second-order valence-electron chi connectivity index (χ2n) is 4.65. The molecule has 0 amide bonds. The summed E-state index contributed by atoms with van der Waals surface area (Å²) in [5.74, 6) is -1.17. The monoisotopic (exact) mass is 279 g/mol. The van der Waals surface area contributed by atoms with E-state index < -0.39 is 12.1 Å². The highest BCUT2D eigenvalue weighted by Crippen LogP contribution is 2.36. The van der Waals surface area contributed by atoms with Crippen LogP contribution in [0.4, 0.5) is 18.3 Å². The van der Waals surface area contributed by atoms with Crippen molar-refractivity contribution in [1.82, 2.24) is 4.98 Å². The van der Waals surface area contributed by atoms with Crippen LogP contribution in [-0.4, -0.2) is 24.2 Å². The van der Waals surface area contributed by atoms with Crippen LogP contribution in [0.5, 0.6) is 0 Å². The van der Waals surface area contributed by atoms with Crippen molar-refractivity contribution in [3.8, 4) is 0 Å². The Hall–Kier alpha value is -0.820. The third-order valence-electron chi connectivity index (χ3n) is 3.20. The number of nitrogens with zero attached hydrogens (tertiary/aromatic N) is 2. The molecule has 1 aromatic rings. The molecular weight excluding hydrogens is 263 g/mol. The molecule has 0 saturated carbocycles. The van der Waals surface area contributed by atoms with Crippen molar-refractivity contribution in [3.05, 3.63) is 11.1 Å². The molecule has 1 fully saturated rings. The van der Waals surface area contributed by atoms with E-state index in [1.165, 1.54) is 11.3 Å². The summed E-state index contributed by atoms with van der Waals surface area (Å²) in [4.78, 5) is 6.27. The molecule has 0 aliphatic carbocycles. The second kappa shape index (κ2) is 5.05. The Bertz CT molecular complexity index is 394. The molecule has 2 N–H and O–H groups in total. The molecule has 102 valence electrons. The van der Waals surface area contributed by atoms with Gasteiger partial charge in [0.15, 0.2) is 5.13 Å². The van der Waals surface area contributed by atoms with E-state index in [4.69, 9.17) is 5.73 Å². The number of nitrogens with two attached hydrogens (primary N) is 1. The van der Waals surface area contributed by atoms with Crippen molar-refractivity contribution in [2.45, 2.75) is 32.0 Å². The minimum atomic E-state index is -4.06. The molecule has 1 aliphatic heterocycles. The van der Waals surface area contributed by atoms with Crippen molar-refractivity contribution < 1.29 is 13.2 Å². The standard InChI is InChI=1S/C11H16F3N3S/c1-7(15)9-6-18-10(16-9)17-4-2-8(3-5-17)11(12,13)14/h6-8H,2-5,15H2,1H3. The zero-order valence-corrected chi connectivity index (χ0v) is 10.9. The van der Waals surface area contributed by atoms with Crippen LogP contribution < -0.4 is 10.6 Å². The maximum atomic E-state index is 12.5. The highest BCUT2D eigenvalue weighted by atomic mass is 32.1. The van der Waals surface area contributed by atoms with Crippen LogP contribution in [0.25, 0.3) is 0 Å². The average Bonchev–Trinajstić information content (AvgIpc) is 2.77. The largest absolute Gasteiger partial charge is 0.391 e. The van der Waals surface area contributed by atoms with E-state index in [0.717, 1.165) is 10.8 Å². The molecule has 2 rings (SSSR count). The maximum Gasteiger partial charge on any atom is 0.391 e. The molecule has 3 nitrogen and oxygen atoms in total. The molecule has 2 heterocycles. The zero-order valence-electron chi connectivity index (χ0n) is 10.1. The molecule has 7 heteroatoms. The molecule has 0 radical (unpaired) electrons. The molecule has 0 bridgehead atoms. The molecule has 1 aliphatic rings. The predicted octanol–water partition coefficient (Wildman–Crippen LogP) is 2.94. The van der Waals surface area contributed by atoms with Gasteiger partial charge in [-0.2, -0.15) is 13.2 Å². The molecular formula is C11H16F3N3S. The number of anilines is 1. The third-order valence-corrected chi connectivity index (χ3v) is 4.12. The van der Waals surface area contributed by atoms with Gasteiger partial charge in [0.25, 0.3) is 0 Å². The van der Waals surface area contributed by atoms with Gasteiger partial charge in [-0.25, -0.2) is 4.98 Å². The van der Waals surface area contributed by atoms with E-state index in [1.807, 2.05) is 17.2 Å². The minimum Gasteiger partial charge on any atom is -0.348 e. The molecule has 0 spiro atoms. The van der Waals surface area contributed by atoms with E-state index in [0.29, 0.717) is 13.1 Å². The van der Waals surface area contributed by atoms with E-state index in [1.54, 1.807) is 0 Å². The minimum absolute atomic E-state index is 0.136. The van der Waals surface area contributed by atoms with Crippen LogP contribution in [0.1, 0.15) is 31.5 Å². The summed E-state index contributed by atoms with van der Waals surface area (Å²) in [5, 5.41) is 2.65. The van der Waals surface area contributed by atoms with Crippen LogP contribution in [0.2, 0.25) is 0 Å². The van der Waals surface area contributed by atoms with Crippen molar-refractivity contribution >= 4 is 16.5 Å². The van der Waals surface area contributed by atoms with E-state index in [-0.39, 0.29) is 18.9 Å². The Morgan fingerprint density at radius 2 is 2.06 bits per heavy atom. The fourth-order valence-electron chi connectivity index (χ4n) is 2.03. The van der Waals surface area contributed by atoms with Crippen LogP contribution in [-0.2, 0) is 0 Å². The van der Waals surface area contributed by atoms with Crippen molar-refractivity contribution in [1.29, 1.82) is 0 Å². The first-order valence-electron chi connectivity index (χ1n) is 5.90. The van der Waals surface area contributed by atoms with E-state index >= 15 is 0 Å². The molecule has 1 aromatic heterocycles. The summed E-state index contributed by atoms with van der Waals surface area (Å²) in [6, 6.07) is -0.136. The predicted molar refractivity (Wildman–Crippen MR) is 65.7 cm³/mol. The van der Waals surface area contributed by atoms with Gasteiger partial charge in [0.1, 0.15) is 0 Å². The number of hydrogen-bond donors (Lipinski definition) is 1. The summed E-state index contributed by atoms with van der Waals surface area (Å²) in [5.41, 5.74) is 6.51. The number of piperidine rings is 1. The normalized spacial score (nSPS) is 20.2. The summed E-state index contributed by atoms with van der Waals surface area (Å²) in [7, 11) is 0. The number of hydrogen-bond acceptors (Lipinski definition) is 4. The first kappa shape index (κ1) is 13.6. The summed E-state index contributed by atoms with van der Waals surface area (Å²) >= 11 is 1.45. The van der Waals surface area contributed by atoms with E-state index in [9.17, 15) is 13.2 Å². The second-order valence-corrected chi connectivity index (χ2v) is 5.48. The molecule has 1 atom stereocenters. The molecule has 1 unspecified atom stereocenters. The van der Waals surface area contributed by atoms with Crippen molar-refractivity contribution in [2.75, 3.05) is 18.0 Å². The quantitative estimate of drug-likeness (QED) is 0.905. The first-order chi connectivity index (χ1) is 8.38. The van der Waals surface area contributed by atoms with Crippen LogP contribution in [0.3, 0.4) is 0 Å². The number of aromatic nitrogens is 1. The van der Waals surface area contributed by atoms with Crippen LogP contribution in [0.15, 0.2) is 5.38 Å². The first-order valence-corrected chi connectivity index (χ1v) is 6.78. The van der Waals surface area contributed by atoms with Crippen molar-refractivity contribution in [2.24, 2.45) is 11.7 Å². The number of alkyl halides is 3. The van der Waals surface area contributed by atoms with Gasteiger partial charge in [-0.3, -0.25) is 0 Å². The van der Waals surface area contributed by atoms with Gasteiger partial charge >= 0.3 is 6.18 Å². The average molecular weight is 279 g/mol. The lowest BCUT2D eigenvalue weighted by molar-refractivity contribution is -0.179. The van der Waals surface area contributed by atoms with Gasteiger partial charge in [-0.15, -0.1) is 11.3 Å². The Kier molecular flexibility index (Phi) is 3.82. The summed E-state index contributed by atoms with van der Waals surface area (Å²) in [6.45, 7) is 2.67. The molecule has 18 heavy (non-hydrogen) atoms. The fraction of sp³-hybridized carbons (Fsp3) is 0.727. The highest BCUT2D eigenvalue weighted by Gasteiger charge is 2.41. The van der Waals surface area contributed by atoms with Crippen LogP contribution >= 0.6 is 11.3 Å². The van der Waals surface area contributed by atoms with Gasteiger partial charge in [0, 0.05) is 24.5 Å². The smallest absolute Gasteiger partial charge is 0.348 e. The molecule has 1 saturated heterocycles. The topological polar surface area (TPSA) is 42.1 Å². The lowest BCUT2D eigenvalue weighted by Crippen LogP contribution is -2.39. The lowest BCUT2D eigenvalue weighted by Gasteiger charge is -2.32. The highest BCUT2D eigenvalue weighted by molar-refractivity contribution is 7.13. The Morgan fingerprint density at radius 1 is 1.44 bits per heavy atom. The summed E-state index contributed by atoms with van der Waals surface area (Å²) in [6.07, 6.45) is -3.76. The van der Waals surface area contributed by atoms with Gasteiger partial charge in [-0.1, -0.05) is 0 Å². The Labute approximate surface area is 108 Å².